The number of aryl methyl sites for hydroxylation is 1. The van der Waals surface area contributed by atoms with Crippen molar-refractivity contribution in [2.24, 2.45) is 0 Å². The van der Waals surface area contributed by atoms with Gasteiger partial charge in [-0.3, -0.25) is 14.6 Å². The molecule has 1 fully saturated rings. The maximum atomic E-state index is 13.1. The summed E-state index contributed by atoms with van der Waals surface area (Å²) in [4.78, 5) is 40.5. The molecule has 3 heterocycles. The monoisotopic (exact) mass is 476 g/mol. The second-order valence-electron chi connectivity index (χ2n) is 9.25. The second kappa shape index (κ2) is 10.2. The van der Waals surface area contributed by atoms with Crippen LogP contribution in [0.25, 0.3) is 22.5 Å². The van der Waals surface area contributed by atoms with Crippen LogP contribution >= 0.6 is 0 Å². The van der Waals surface area contributed by atoms with Crippen molar-refractivity contribution in [1.82, 2.24) is 19.9 Å². The molecule has 180 valence electrons. The molecule has 1 saturated heterocycles. The summed E-state index contributed by atoms with van der Waals surface area (Å²) in [6, 6.07) is 19.1. The van der Waals surface area contributed by atoms with Gasteiger partial charge in [-0.25, -0.2) is 9.97 Å². The molecule has 1 amide bonds. The van der Waals surface area contributed by atoms with Crippen LogP contribution in [0.15, 0.2) is 79.3 Å². The summed E-state index contributed by atoms with van der Waals surface area (Å²) < 4.78 is 0. The van der Waals surface area contributed by atoms with Crippen LogP contribution in [0, 0.1) is 6.92 Å². The van der Waals surface area contributed by atoms with Gasteiger partial charge in [0.2, 0.25) is 0 Å². The molecular formula is C30H28N4O2. The summed E-state index contributed by atoms with van der Waals surface area (Å²) in [5, 5.41) is 0. The van der Waals surface area contributed by atoms with Crippen molar-refractivity contribution in [3.05, 3.63) is 102 Å². The van der Waals surface area contributed by atoms with Crippen LogP contribution < -0.4 is 0 Å². The number of likely N-dealkylation sites (tertiary alicyclic amines) is 1. The van der Waals surface area contributed by atoms with Gasteiger partial charge in [0.1, 0.15) is 0 Å². The van der Waals surface area contributed by atoms with Crippen molar-refractivity contribution in [2.45, 2.75) is 32.6 Å². The third-order valence-corrected chi connectivity index (χ3v) is 6.88. The molecule has 1 aliphatic heterocycles. The Hall–Kier alpha value is -4.19. The number of carbonyl (C=O) groups excluding carboxylic acids is 2. The zero-order valence-electron chi connectivity index (χ0n) is 20.5. The predicted octanol–water partition coefficient (Wildman–Crippen LogP) is 5.74. The number of aromatic nitrogens is 3. The van der Waals surface area contributed by atoms with Crippen molar-refractivity contribution >= 4 is 11.7 Å². The van der Waals surface area contributed by atoms with Crippen molar-refractivity contribution in [2.75, 3.05) is 13.1 Å². The van der Waals surface area contributed by atoms with E-state index in [0.717, 1.165) is 35.2 Å². The average Bonchev–Trinajstić information content (AvgIpc) is 2.93. The van der Waals surface area contributed by atoms with Crippen molar-refractivity contribution in [3.8, 4) is 22.5 Å². The Kier molecular flexibility index (Phi) is 6.67. The van der Waals surface area contributed by atoms with Crippen LogP contribution in [0.1, 0.15) is 57.7 Å². The predicted molar refractivity (Wildman–Crippen MR) is 140 cm³/mol. The number of amides is 1. The van der Waals surface area contributed by atoms with Crippen LogP contribution in [-0.4, -0.2) is 44.6 Å². The van der Waals surface area contributed by atoms with Gasteiger partial charge in [0, 0.05) is 59.9 Å². The number of Topliss-reactive ketones (excluding diaryl/α,β-unsaturated/α-hetero) is 1. The van der Waals surface area contributed by atoms with Crippen LogP contribution in [0.4, 0.5) is 0 Å². The van der Waals surface area contributed by atoms with Crippen molar-refractivity contribution in [3.63, 3.8) is 0 Å². The van der Waals surface area contributed by atoms with E-state index in [0.29, 0.717) is 30.0 Å². The number of hydrogen-bond acceptors (Lipinski definition) is 5. The zero-order chi connectivity index (χ0) is 25.1. The number of ketones is 1. The topological polar surface area (TPSA) is 76.1 Å². The molecule has 0 N–H and O–H groups in total. The lowest BCUT2D eigenvalue weighted by atomic mass is 9.87. The maximum Gasteiger partial charge on any atom is 0.253 e. The number of hydrogen-bond donors (Lipinski definition) is 0. The molecule has 36 heavy (non-hydrogen) atoms. The van der Waals surface area contributed by atoms with Gasteiger partial charge in [0.25, 0.3) is 5.91 Å². The Labute approximate surface area is 211 Å². The molecule has 4 aromatic rings. The lowest BCUT2D eigenvalue weighted by Crippen LogP contribution is -2.38. The van der Waals surface area contributed by atoms with Gasteiger partial charge in [-0.2, -0.15) is 0 Å². The Morgan fingerprint density at radius 3 is 2.25 bits per heavy atom. The summed E-state index contributed by atoms with van der Waals surface area (Å²) >= 11 is 0. The van der Waals surface area contributed by atoms with E-state index < -0.39 is 0 Å². The average molecular weight is 477 g/mol. The number of nitrogens with zero attached hydrogens (tertiary/aromatic N) is 4. The SMILES string of the molecule is CC(=O)c1ccc(C(=O)N2CCC(c3nc(-c4cccnc4)ncc3-c3ccccc3C)CC2)cc1. The van der Waals surface area contributed by atoms with E-state index in [1.165, 1.54) is 12.5 Å². The van der Waals surface area contributed by atoms with Crippen LogP contribution in [0.3, 0.4) is 0 Å². The lowest BCUT2D eigenvalue weighted by molar-refractivity contribution is 0.0711. The fourth-order valence-electron chi connectivity index (χ4n) is 4.81. The second-order valence-corrected chi connectivity index (χ2v) is 9.25. The molecule has 1 aliphatic rings. The molecule has 0 bridgehead atoms. The van der Waals surface area contributed by atoms with E-state index in [2.05, 4.69) is 29.0 Å². The minimum atomic E-state index is -0.00484. The maximum absolute atomic E-state index is 13.1. The van der Waals surface area contributed by atoms with Gasteiger partial charge in [0.15, 0.2) is 11.6 Å². The van der Waals surface area contributed by atoms with Gasteiger partial charge >= 0.3 is 0 Å². The standard InChI is InChI=1S/C30H28N4O2/c1-20-6-3-4-8-26(20)27-19-32-29(25-7-5-15-31-18-25)33-28(27)23-13-16-34(17-14-23)30(36)24-11-9-22(10-12-24)21(2)35/h3-12,15,18-19,23H,13-14,16-17H2,1-2H3. The summed E-state index contributed by atoms with van der Waals surface area (Å²) in [7, 11) is 0. The fraction of sp³-hybridized carbons (Fsp3) is 0.233. The third kappa shape index (κ3) is 4.80. The molecule has 0 aliphatic carbocycles. The molecular weight excluding hydrogens is 448 g/mol. The molecule has 0 saturated carbocycles. The molecule has 0 radical (unpaired) electrons. The molecule has 0 spiro atoms. The van der Waals surface area contributed by atoms with E-state index >= 15 is 0 Å². The first-order chi connectivity index (χ1) is 17.5. The van der Waals surface area contributed by atoms with E-state index in [-0.39, 0.29) is 17.6 Å². The Morgan fingerprint density at radius 2 is 1.58 bits per heavy atom. The molecule has 6 nitrogen and oxygen atoms in total. The van der Waals surface area contributed by atoms with Gasteiger partial charge in [-0.1, -0.05) is 36.4 Å². The first-order valence-electron chi connectivity index (χ1n) is 12.2. The van der Waals surface area contributed by atoms with E-state index in [1.807, 2.05) is 35.4 Å². The largest absolute Gasteiger partial charge is 0.339 e. The highest BCUT2D eigenvalue weighted by Crippen LogP contribution is 2.36. The molecule has 2 aromatic heterocycles. The van der Waals surface area contributed by atoms with Crippen LogP contribution in [0.2, 0.25) is 0 Å². The Morgan fingerprint density at radius 1 is 0.861 bits per heavy atom. The van der Waals surface area contributed by atoms with E-state index in [4.69, 9.17) is 4.98 Å². The first-order valence-corrected chi connectivity index (χ1v) is 12.2. The number of carbonyl (C=O) groups is 2. The highest BCUT2D eigenvalue weighted by Gasteiger charge is 2.28. The normalized spacial score (nSPS) is 14.0. The van der Waals surface area contributed by atoms with Crippen molar-refractivity contribution < 1.29 is 9.59 Å². The minimum Gasteiger partial charge on any atom is -0.339 e. The summed E-state index contributed by atoms with van der Waals surface area (Å²) in [5.41, 5.74) is 6.49. The number of piperidine rings is 1. The van der Waals surface area contributed by atoms with Gasteiger partial charge < -0.3 is 4.90 Å². The van der Waals surface area contributed by atoms with Gasteiger partial charge in [-0.15, -0.1) is 0 Å². The molecule has 0 atom stereocenters. The molecule has 0 unspecified atom stereocenters. The van der Waals surface area contributed by atoms with Gasteiger partial charge in [0.05, 0.1) is 5.69 Å². The van der Waals surface area contributed by atoms with Crippen LogP contribution in [-0.2, 0) is 0 Å². The highest BCUT2D eigenvalue weighted by molar-refractivity contribution is 5.97. The summed E-state index contributed by atoms with van der Waals surface area (Å²) in [6.07, 6.45) is 7.10. The Balaban J connectivity index is 1.41. The molecule has 6 heteroatoms. The summed E-state index contributed by atoms with van der Waals surface area (Å²) in [5.74, 6) is 0.873. The fourth-order valence-corrected chi connectivity index (χ4v) is 4.81. The number of pyridine rings is 1. The highest BCUT2D eigenvalue weighted by atomic mass is 16.2. The first kappa shape index (κ1) is 23.5. The van der Waals surface area contributed by atoms with Gasteiger partial charge in [-0.05, 0) is 62.1 Å². The smallest absolute Gasteiger partial charge is 0.253 e. The summed E-state index contributed by atoms with van der Waals surface area (Å²) in [6.45, 7) is 4.93. The number of benzene rings is 2. The van der Waals surface area contributed by atoms with Crippen molar-refractivity contribution in [1.29, 1.82) is 0 Å². The lowest BCUT2D eigenvalue weighted by Gasteiger charge is -2.32. The Bertz CT molecular complexity index is 1390. The molecule has 5 rings (SSSR count). The number of rotatable bonds is 5. The minimum absolute atomic E-state index is 0.00131. The van der Waals surface area contributed by atoms with E-state index in [1.54, 1.807) is 36.7 Å². The third-order valence-electron chi connectivity index (χ3n) is 6.88. The molecule has 2 aromatic carbocycles. The van der Waals surface area contributed by atoms with Crippen LogP contribution in [0.5, 0.6) is 0 Å². The van der Waals surface area contributed by atoms with E-state index in [9.17, 15) is 9.59 Å². The zero-order valence-corrected chi connectivity index (χ0v) is 20.5. The quantitative estimate of drug-likeness (QED) is 0.344.